The summed E-state index contributed by atoms with van der Waals surface area (Å²) in [6.45, 7) is 0.851. The summed E-state index contributed by atoms with van der Waals surface area (Å²) in [5, 5.41) is 3.40. The molecule has 28 heavy (non-hydrogen) atoms. The fraction of sp³-hybridized carbons (Fsp3) is 0.261. The van der Waals surface area contributed by atoms with E-state index in [-0.39, 0.29) is 0 Å². The number of hydrogen-bond acceptors (Lipinski definition) is 5. The Kier molecular flexibility index (Phi) is 4.75. The van der Waals surface area contributed by atoms with E-state index in [1.807, 2.05) is 12.4 Å². The largest absolute Gasteiger partial charge is 0.349 e. The van der Waals surface area contributed by atoms with Gasteiger partial charge < -0.3 is 4.90 Å². The Morgan fingerprint density at radius 3 is 2.54 bits per heavy atom. The highest BCUT2D eigenvalue weighted by atomic mass is 32.1. The van der Waals surface area contributed by atoms with Crippen LogP contribution in [0.25, 0.3) is 21.3 Å². The quantitative estimate of drug-likeness (QED) is 0.441. The second-order valence-electron chi connectivity index (χ2n) is 7.31. The van der Waals surface area contributed by atoms with Gasteiger partial charge in [0.2, 0.25) is 0 Å². The van der Waals surface area contributed by atoms with Gasteiger partial charge in [-0.3, -0.25) is 4.98 Å². The molecular weight excluding hydrogens is 364 g/mol. The summed E-state index contributed by atoms with van der Waals surface area (Å²) < 4.78 is 0. The molecular formula is C23H22N4S. The van der Waals surface area contributed by atoms with Gasteiger partial charge in [-0.25, -0.2) is 9.97 Å². The topological polar surface area (TPSA) is 41.9 Å². The van der Waals surface area contributed by atoms with Crippen LogP contribution in [0, 0.1) is 0 Å². The molecule has 4 aromatic rings. The van der Waals surface area contributed by atoms with E-state index in [2.05, 4.69) is 62.7 Å². The van der Waals surface area contributed by atoms with Crippen LogP contribution in [0.5, 0.6) is 0 Å². The van der Waals surface area contributed by atoms with Crippen LogP contribution in [0.2, 0.25) is 0 Å². The summed E-state index contributed by atoms with van der Waals surface area (Å²) >= 11 is 1.70. The Morgan fingerprint density at radius 2 is 1.75 bits per heavy atom. The molecule has 5 rings (SSSR count). The third-order valence-electron chi connectivity index (χ3n) is 5.57. The van der Waals surface area contributed by atoms with Gasteiger partial charge in [0, 0.05) is 35.9 Å². The maximum atomic E-state index is 4.81. The molecule has 0 atom stereocenters. The molecule has 0 saturated heterocycles. The molecule has 1 fully saturated rings. The van der Waals surface area contributed by atoms with Crippen LogP contribution in [0.1, 0.15) is 31.2 Å². The van der Waals surface area contributed by atoms with Gasteiger partial charge in [0.05, 0.1) is 5.39 Å². The summed E-state index contributed by atoms with van der Waals surface area (Å²) in [5.41, 5.74) is 3.72. The van der Waals surface area contributed by atoms with Crippen molar-refractivity contribution in [2.24, 2.45) is 0 Å². The van der Waals surface area contributed by atoms with Crippen LogP contribution in [-0.2, 0) is 6.54 Å². The molecule has 0 N–H and O–H groups in total. The van der Waals surface area contributed by atoms with Crippen LogP contribution >= 0.6 is 11.3 Å². The van der Waals surface area contributed by atoms with Crippen molar-refractivity contribution < 1.29 is 0 Å². The minimum absolute atomic E-state index is 0.523. The average molecular weight is 387 g/mol. The Bertz CT molecular complexity index is 1060. The third kappa shape index (κ3) is 3.27. The number of benzene rings is 1. The number of rotatable bonds is 5. The van der Waals surface area contributed by atoms with E-state index < -0.39 is 0 Å². The van der Waals surface area contributed by atoms with Crippen molar-refractivity contribution in [3.8, 4) is 11.1 Å². The molecule has 3 heterocycles. The first kappa shape index (κ1) is 17.3. The standard InChI is InChI=1S/C23H22N4S/c1-2-6-18(7-3-1)20-15-28-23-21(20)22(25-16-26-23)27(19-8-4-5-9-19)14-17-10-12-24-13-11-17/h1-3,6-7,10-13,15-16,19H,4-5,8-9,14H2. The Labute approximate surface area is 168 Å². The number of aromatic nitrogens is 3. The smallest absolute Gasteiger partial charge is 0.141 e. The minimum atomic E-state index is 0.523. The molecule has 0 amide bonds. The lowest BCUT2D eigenvalue weighted by Gasteiger charge is -2.31. The number of hydrogen-bond donors (Lipinski definition) is 0. The average Bonchev–Trinajstić information content (AvgIpc) is 3.43. The molecule has 4 nitrogen and oxygen atoms in total. The molecule has 0 radical (unpaired) electrons. The maximum Gasteiger partial charge on any atom is 0.141 e. The zero-order valence-corrected chi connectivity index (χ0v) is 16.5. The van der Waals surface area contributed by atoms with Gasteiger partial charge in [-0.1, -0.05) is 43.2 Å². The van der Waals surface area contributed by atoms with E-state index in [1.165, 1.54) is 47.8 Å². The summed E-state index contributed by atoms with van der Waals surface area (Å²) in [6, 6.07) is 15.3. The number of anilines is 1. The Balaban J connectivity index is 1.65. The van der Waals surface area contributed by atoms with E-state index in [0.29, 0.717) is 6.04 Å². The molecule has 0 spiro atoms. The number of nitrogens with zero attached hydrogens (tertiary/aromatic N) is 4. The number of pyridine rings is 1. The molecule has 0 aliphatic heterocycles. The van der Waals surface area contributed by atoms with Crippen LogP contribution < -0.4 is 4.90 Å². The van der Waals surface area contributed by atoms with E-state index in [0.717, 1.165) is 17.2 Å². The molecule has 1 aromatic carbocycles. The Hall–Kier alpha value is -2.79. The number of thiophene rings is 1. The van der Waals surface area contributed by atoms with E-state index >= 15 is 0 Å². The third-order valence-corrected chi connectivity index (χ3v) is 6.46. The highest BCUT2D eigenvalue weighted by Crippen LogP contribution is 2.40. The van der Waals surface area contributed by atoms with Crippen molar-refractivity contribution in [2.75, 3.05) is 4.90 Å². The van der Waals surface area contributed by atoms with Gasteiger partial charge in [-0.05, 0) is 36.1 Å². The first-order valence-corrected chi connectivity index (χ1v) is 10.7. The first-order valence-electron chi connectivity index (χ1n) is 9.83. The van der Waals surface area contributed by atoms with E-state index in [1.54, 1.807) is 17.7 Å². The summed E-state index contributed by atoms with van der Waals surface area (Å²) in [7, 11) is 0. The molecule has 1 aliphatic rings. The molecule has 140 valence electrons. The van der Waals surface area contributed by atoms with Crippen LogP contribution in [0.3, 0.4) is 0 Å². The lowest BCUT2D eigenvalue weighted by molar-refractivity contribution is 0.599. The summed E-state index contributed by atoms with van der Waals surface area (Å²) in [4.78, 5) is 17.1. The van der Waals surface area contributed by atoms with Gasteiger partial charge in [0.15, 0.2) is 0 Å². The van der Waals surface area contributed by atoms with Gasteiger partial charge in [0.25, 0.3) is 0 Å². The fourth-order valence-electron chi connectivity index (χ4n) is 4.19. The lowest BCUT2D eigenvalue weighted by Crippen LogP contribution is -2.33. The monoisotopic (exact) mass is 386 g/mol. The fourth-order valence-corrected chi connectivity index (χ4v) is 5.10. The van der Waals surface area contributed by atoms with E-state index in [9.17, 15) is 0 Å². The Morgan fingerprint density at radius 1 is 0.964 bits per heavy atom. The second kappa shape index (κ2) is 7.68. The van der Waals surface area contributed by atoms with Crippen molar-refractivity contribution >= 4 is 27.4 Å². The van der Waals surface area contributed by atoms with Crippen molar-refractivity contribution in [1.82, 2.24) is 15.0 Å². The summed E-state index contributed by atoms with van der Waals surface area (Å²) in [6.07, 6.45) is 10.5. The highest BCUT2D eigenvalue weighted by molar-refractivity contribution is 7.17. The lowest BCUT2D eigenvalue weighted by atomic mass is 10.0. The van der Waals surface area contributed by atoms with Crippen molar-refractivity contribution in [3.63, 3.8) is 0 Å². The molecule has 0 unspecified atom stereocenters. The van der Waals surface area contributed by atoms with Gasteiger partial charge in [0.1, 0.15) is 17.0 Å². The predicted octanol–water partition coefficient (Wildman–Crippen LogP) is 5.70. The molecule has 3 aromatic heterocycles. The van der Waals surface area contributed by atoms with Crippen LogP contribution in [0.15, 0.2) is 66.6 Å². The van der Waals surface area contributed by atoms with Gasteiger partial charge in [-0.2, -0.15) is 0 Å². The maximum absolute atomic E-state index is 4.81. The molecule has 5 heteroatoms. The second-order valence-corrected chi connectivity index (χ2v) is 8.17. The zero-order chi connectivity index (χ0) is 18.8. The molecule has 1 saturated carbocycles. The molecule has 1 aliphatic carbocycles. The van der Waals surface area contributed by atoms with E-state index in [4.69, 9.17) is 4.98 Å². The molecule has 0 bridgehead atoms. The van der Waals surface area contributed by atoms with Crippen molar-refractivity contribution in [2.45, 2.75) is 38.3 Å². The normalized spacial score (nSPS) is 14.6. The first-order chi connectivity index (χ1) is 13.9. The highest BCUT2D eigenvalue weighted by Gasteiger charge is 2.27. The van der Waals surface area contributed by atoms with Gasteiger partial charge in [-0.15, -0.1) is 11.3 Å². The predicted molar refractivity (Wildman–Crippen MR) is 116 cm³/mol. The van der Waals surface area contributed by atoms with Gasteiger partial charge >= 0.3 is 0 Å². The minimum Gasteiger partial charge on any atom is -0.349 e. The van der Waals surface area contributed by atoms with Crippen LogP contribution in [-0.4, -0.2) is 21.0 Å². The zero-order valence-electron chi connectivity index (χ0n) is 15.7. The number of fused-ring (bicyclic) bond motifs is 1. The summed E-state index contributed by atoms with van der Waals surface area (Å²) in [5.74, 6) is 1.06. The van der Waals surface area contributed by atoms with Crippen LogP contribution in [0.4, 0.5) is 5.82 Å². The SMILES string of the molecule is c1ccc(-c2csc3ncnc(N(Cc4ccncc4)C4CCCC4)c23)cc1. The van der Waals surface area contributed by atoms with Crippen molar-refractivity contribution in [1.29, 1.82) is 0 Å². The van der Waals surface area contributed by atoms with Crippen molar-refractivity contribution in [3.05, 3.63) is 72.1 Å².